The fourth-order valence-electron chi connectivity index (χ4n) is 2.87. The van der Waals surface area contributed by atoms with Crippen molar-refractivity contribution in [2.75, 3.05) is 12.3 Å². The number of thiol groups is 1. The summed E-state index contributed by atoms with van der Waals surface area (Å²) in [6, 6.07) is -4.62. The van der Waals surface area contributed by atoms with E-state index in [1.54, 1.807) is 6.92 Å². The zero-order valence-corrected chi connectivity index (χ0v) is 20.8. The highest BCUT2D eigenvalue weighted by molar-refractivity contribution is 7.80. The molecule has 0 rings (SSSR count). The van der Waals surface area contributed by atoms with Crippen LogP contribution in [0.15, 0.2) is 4.99 Å². The number of rotatable bonds is 17. The average Bonchev–Trinajstić information content (AvgIpc) is 2.79. The van der Waals surface area contributed by atoms with Gasteiger partial charge in [-0.1, -0.05) is 20.3 Å². The maximum absolute atomic E-state index is 12.9. The van der Waals surface area contributed by atoms with E-state index in [0.717, 1.165) is 0 Å². The molecule has 0 saturated heterocycles. The third-order valence-corrected chi connectivity index (χ3v) is 5.54. The molecule has 0 aliphatic heterocycles. The van der Waals surface area contributed by atoms with Gasteiger partial charge in [0, 0.05) is 18.7 Å². The summed E-state index contributed by atoms with van der Waals surface area (Å²) in [5.74, 6) is -5.29. The van der Waals surface area contributed by atoms with Crippen LogP contribution in [0.25, 0.3) is 0 Å². The van der Waals surface area contributed by atoms with Crippen LogP contribution in [-0.4, -0.2) is 82.3 Å². The van der Waals surface area contributed by atoms with Crippen LogP contribution in [0.2, 0.25) is 0 Å². The van der Waals surface area contributed by atoms with Crippen molar-refractivity contribution in [1.82, 2.24) is 16.0 Å². The van der Waals surface area contributed by atoms with Crippen LogP contribution in [0.4, 0.5) is 0 Å². The first-order chi connectivity index (χ1) is 16.3. The maximum atomic E-state index is 12.9. The molecule has 0 heterocycles. The molecule has 0 aromatic heterocycles. The summed E-state index contributed by atoms with van der Waals surface area (Å²) in [5, 5.41) is 25.2. The number of aliphatic imine (C=N–C) groups is 1. The molecule has 0 bridgehead atoms. The summed E-state index contributed by atoms with van der Waals surface area (Å²) in [5.41, 5.74) is 16.4. The average molecular weight is 520 g/mol. The Morgan fingerprint density at radius 2 is 1.54 bits per heavy atom. The molecule has 5 atom stereocenters. The summed E-state index contributed by atoms with van der Waals surface area (Å²) < 4.78 is 0. The minimum absolute atomic E-state index is 0.0733. The smallest absolute Gasteiger partial charge is 0.326 e. The summed E-state index contributed by atoms with van der Waals surface area (Å²) in [7, 11) is 0. The molecule has 15 heteroatoms. The number of carboxylic acid groups (broad SMARTS) is 2. The van der Waals surface area contributed by atoms with E-state index < -0.39 is 60.2 Å². The van der Waals surface area contributed by atoms with Crippen molar-refractivity contribution < 1.29 is 34.2 Å². The van der Waals surface area contributed by atoms with Crippen molar-refractivity contribution in [2.24, 2.45) is 28.1 Å². The predicted octanol–water partition coefficient (Wildman–Crippen LogP) is -2.25. The van der Waals surface area contributed by atoms with Gasteiger partial charge in [0.15, 0.2) is 5.96 Å². The van der Waals surface area contributed by atoms with Crippen molar-refractivity contribution in [3.63, 3.8) is 0 Å². The van der Waals surface area contributed by atoms with Gasteiger partial charge >= 0.3 is 11.9 Å². The van der Waals surface area contributed by atoms with Crippen molar-refractivity contribution in [3.05, 3.63) is 0 Å². The Labute approximate surface area is 209 Å². The molecule has 200 valence electrons. The zero-order valence-electron chi connectivity index (χ0n) is 19.9. The summed E-state index contributed by atoms with van der Waals surface area (Å²) >= 11 is 4.04. The van der Waals surface area contributed by atoms with Crippen LogP contribution in [-0.2, 0) is 24.0 Å². The van der Waals surface area contributed by atoms with Crippen LogP contribution in [0.1, 0.15) is 46.0 Å². The number of nitrogens with two attached hydrogens (primary N) is 3. The number of carboxylic acids is 2. The highest BCUT2D eigenvalue weighted by Crippen LogP contribution is 2.10. The Kier molecular flexibility index (Phi) is 15.1. The lowest BCUT2D eigenvalue weighted by molar-refractivity contribution is -0.143. The van der Waals surface area contributed by atoms with Gasteiger partial charge in [-0.05, 0) is 25.2 Å². The number of amides is 3. The van der Waals surface area contributed by atoms with E-state index in [2.05, 4.69) is 33.6 Å². The normalized spacial score (nSPS) is 15.0. The lowest BCUT2D eigenvalue weighted by Crippen LogP contribution is -2.59. The van der Waals surface area contributed by atoms with Crippen LogP contribution >= 0.6 is 12.6 Å². The lowest BCUT2D eigenvalue weighted by Gasteiger charge is -2.27. The minimum atomic E-state index is -1.46. The van der Waals surface area contributed by atoms with Crippen molar-refractivity contribution in [2.45, 2.75) is 70.1 Å². The molecule has 0 aromatic carbocycles. The molecular formula is C20H37N7O7S. The fraction of sp³-hybridized carbons (Fsp3) is 0.700. The van der Waals surface area contributed by atoms with E-state index >= 15 is 0 Å². The van der Waals surface area contributed by atoms with Crippen LogP contribution in [0.3, 0.4) is 0 Å². The van der Waals surface area contributed by atoms with Gasteiger partial charge < -0.3 is 43.4 Å². The highest BCUT2D eigenvalue weighted by atomic mass is 32.1. The van der Waals surface area contributed by atoms with Gasteiger partial charge in [0.2, 0.25) is 17.7 Å². The Morgan fingerprint density at radius 3 is 2.03 bits per heavy atom. The molecule has 0 spiro atoms. The third kappa shape index (κ3) is 12.8. The molecule has 0 fully saturated rings. The molecule has 0 aliphatic carbocycles. The summed E-state index contributed by atoms with van der Waals surface area (Å²) in [6.45, 7) is 3.84. The molecule has 0 radical (unpaired) electrons. The second kappa shape index (κ2) is 16.5. The molecule has 0 aromatic rings. The quantitative estimate of drug-likeness (QED) is 0.0431. The largest absolute Gasteiger partial charge is 0.481 e. The molecule has 14 nitrogen and oxygen atoms in total. The first-order valence-electron chi connectivity index (χ1n) is 11.1. The Balaban J connectivity index is 5.21. The van der Waals surface area contributed by atoms with Gasteiger partial charge in [0.25, 0.3) is 0 Å². The van der Waals surface area contributed by atoms with Crippen LogP contribution in [0.5, 0.6) is 0 Å². The van der Waals surface area contributed by atoms with Gasteiger partial charge in [0.1, 0.15) is 18.1 Å². The predicted molar refractivity (Wildman–Crippen MR) is 131 cm³/mol. The van der Waals surface area contributed by atoms with Crippen molar-refractivity contribution in [1.29, 1.82) is 0 Å². The number of hydrogen-bond donors (Lipinski definition) is 9. The number of aliphatic carboxylic acids is 2. The van der Waals surface area contributed by atoms with Gasteiger partial charge in [-0.3, -0.25) is 24.2 Å². The van der Waals surface area contributed by atoms with Crippen molar-refractivity contribution >= 4 is 48.2 Å². The number of carbonyl (C=O) groups excluding carboxylic acids is 3. The first-order valence-corrected chi connectivity index (χ1v) is 11.7. The second-order valence-corrected chi connectivity index (χ2v) is 8.37. The van der Waals surface area contributed by atoms with Gasteiger partial charge in [0.05, 0.1) is 6.04 Å². The Morgan fingerprint density at radius 1 is 0.943 bits per heavy atom. The van der Waals surface area contributed by atoms with Crippen molar-refractivity contribution in [3.8, 4) is 0 Å². The Hall–Kier alpha value is -3.07. The lowest BCUT2D eigenvalue weighted by atomic mass is 9.97. The zero-order chi connectivity index (χ0) is 27.1. The van der Waals surface area contributed by atoms with Crippen LogP contribution in [0, 0.1) is 5.92 Å². The number of nitrogens with one attached hydrogen (secondary N) is 3. The van der Waals surface area contributed by atoms with E-state index in [4.69, 9.17) is 22.3 Å². The van der Waals surface area contributed by atoms with E-state index in [9.17, 15) is 29.1 Å². The molecular weight excluding hydrogens is 482 g/mol. The van der Waals surface area contributed by atoms with Gasteiger partial charge in [-0.25, -0.2) is 4.79 Å². The van der Waals surface area contributed by atoms with Gasteiger partial charge in [-0.15, -0.1) is 0 Å². The molecule has 3 amide bonds. The number of nitrogens with zero attached hydrogens (tertiary/aromatic N) is 1. The Bertz CT molecular complexity index is 777. The first kappa shape index (κ1) is 31.9. The molecule has 0 aliphatic rings. The third-order valence-electron chi connectivity index (χ3n) is 5.17. The monoisotopic (exact) mass is 519 g/mol. The molecule has 11 N–H and O–H groups in total. The van der Waals surface area contributed by atoms with E-state index in [0.29, 0.717) is 19.4 Å². The minimum Gasteiger partial charge on any atom is -0.481 e. The molecule has 35 heavy (non-hydrogen) atoms. The van der Waals surface area contributed by atoms with E-state index in [1.807, 2.05) is 6.92 Å². The van der Waals surface area contributed by atoms with E-state index in [-0.39, 0.29) is 30.5 Å². The molecule has 0 saturated carbocycles. The summed E-state index contributed by atoms with van der Waals surface area (Å²) in [6.07, 6.45) is 0.430. The van der Waals surface area contributed by atoms with E-state index in [1.165, 1.54) is 0 Å². The number of hydrogen-bond acceptors (Lipinski definition) is 8. The fourth-order valence-corrected chi connectivity index (χ4v) is 3.12. The van der Waals surface area contributed by atoms with Gasteiger partial charge in [-0.2, -0.15) is 12.6 Å². The standard InChI is InChI=1S/C20H37N7O7S/c1-3-10(2)15(27-16(30)11(21)5-4-8-24-20(22)23)18(32)26-13(9-35)17(31)25-12(19(33)34)6-7-14(28)29/h10-13,15,35H,3-9,21H2,1-2H3,(H,25,31)(H,26,32)(H,27,30)(H,28,29)(H,33,34)(H4,22,23,24). The maximum Gasteiger partial charge on any atom is 0.326 e. The highest BCUT2D eigenvalue weighted by Gasteiger charge is 2.32. The molecule has 5 unspecified atom stereocenters. The summed E-state index contributed by atoms with van der Waals surface area (Å²) in [4.78, 5) is 63.9. The van der Waals surface area contributed by atoms with Crippen LogP contribution < -0.4 is 33.2 Å². The second-order valence-electron chi connectivity index (χ2n) is 8.00. The topological polar surface area (TPSA) is 252 Å². The number of carbonyl (C=O) groups is 5. The number of guanidine groups is 1. The SMILES string of the molecule is CCC(C)C(NC(=O)C(N)CCCN=C(N)N)C(=O)NC(CS)C(=O)NC(CCC(=O)O)C(=O)O.